The summed E-state index contributed by atoms with van der Waals surface area (Å²) in [7, 11) is 0. The summed E-state index contributed by atoms with van der Waals surface area (Å²) >= 11 is 1.44. The van der Waals surface area contributed by atoms with Crippen LogP contribution in [0.4, 0.5) is 0 Å². The molecule has 0 unspecified atom stereocenters. The number of carbonyl (C=O) groups excluding carboxylic acids is 1. The topological polar surface area (TPSA) is 55.1 Å². The Labute approximate surface area is 124 Å². The molecule has 3 nitrogen and oxygen atoms in total. The Kier molecular flexibility index (Phi) is 5.22. The molecule has 1 aliphatic carbocycles. The van der Waals surface area contributed by atoms with Crippen molar-refractivity contribution >= 4 is 17.2 Å². The van der Waals surface area contributed by atoms with Gasteiger partial charge in [-0.3, -0.25) is 4.79 Å². The summed E-state index contributed by atoms with van der Waals surface area (Å²) in [6.45, 7) is 3.32. The number of hydrogen-bond acceptors (Lipinski definition) is 3. The number of rotatable bonds is 4. The van der Waals surface area contributed by atoms with Crippen LogP contribution in [0.2, 0.25) is 0 Å². The Morgan fingerprint density at radius 1 is 1.50 bits per heavy atom. The van der Waals surface area contributed by atoms with E-state index in [2.05, 4.69) is 24.1 Å². The summed E-state index contributed by atoms with van der Waals surface area (Å²) in [5, 5.41) is 5.01. The van der Waals surface area contributed by atoms with Gasteiger partial charge in [-0.25, -0.2) is 0 Å². The molecule has 1 aromatic heterocycles. The van der Waals surface area contributed by atoms with Gasteiger partial charge in [0.15, 0.2) is 0 Å². The van der Waals surface area contributed by atoms with Crippen molar-refractivity contribution in [2.75, 3.05) is 13.1 Å². The molecule has 3 N–H and O–H groups in total. The zero-order valence-corrected chi connectivity index (χ0v) is 12.8. The molecule has 1 aromatic rings. The van der Waals surface area contributed by atoms with Gasteiger partial charge in [-0.15, -0.1) is 11.3 Å². The maximum Gasteiger partial charge on any atom is 0.262 e. The molecule has 0 bridgehead atoms. The van der Waals surface area contributed by atoms with Crippen LogP contribution in [0.15, 0.2) is 11.4 Å². The summed E-state index contributed by atoms with van der Waals surface area (Å²) in [6.07, 6.45) is 6.17. The second-order valence-electron chi connectivity index (χ2n) is 5.41. The molecule has 0 aromatic carbocycles. The Hall–Kier alpha value is -1.31. The zero-order chi connectivity index (χ0) is 14.4. The minimum atomic E-state index is 0.000969. The maximum atomic E-state index is 12.3. The van der Waals surface area contributed by atoms with E-state index in [0.29, 0.717) is 16.8 Å². The molecule has 0 saturated heterocycles. The van der Waals surface area contributed by atoms with E-state index in [1.165, 1.54) is 37.0 Å². The lowest BCUT2D eigenvalue weighted by Crippen LogP contribution is -2.35. The van der Waals surface area contributed by atoms with Crippen LogP contribution < -0.4 is 11.1 Å². The first kappa shape index (κ1) is 15.1. The highest BCUT2D eigenvalue weighted by atomic mass is 32.1. The first-order chi connectivity index (χ1) is 9.71. The Bertz CT molecular complexity index is 518. The highest BCUT2D eigenvalue weighted by Crippen LogP contribution is 2.40. The van der Waals surface area contributed by atoms with E-state index in [1.54, 1.807) is 0 Å². The second kappa shape index (κ2) is 6.92. The predicted octanol–water partition coefficient (Wildman–Crippen LogP) is 2.76. The Balaban J connectivity index is 2.00. The average molecular weight is 290 g/mol. The van der Waals surface area contributed by atoms with Crippen molar-refractivity contribution in [1.82, 2.24) is 5.32 Å². The molecule has 0 radical (unpaired) electrons. The first-order valence-corrected chi connectivity index (χ1v) is 8.13. The van der Waals surface area contributed by atoms with E-state index in [9.17, 15) is 4.79 Å². The lowest BCUT2D eigenvalue weighted by molar-refractivity contribution is 0.0932. The third-order valence-corrected chi connectivity index (χ3v) is 5.15. The fourth-order valence-corrected chi connectivity index (χ4v) is 3.62. The molecule has 0 aliphatic heterocycles. The van der Waals surface area contributed by atoms with Gasteiger partial charge in [-0.2, -0.15) is 0 Å². The summed E-state index contributed by atoms with van der Waals surface area (Å²) in [4.78, 5) is 13.0. The molecule has 1 heterocycles. The molecular weight excluding hydrogens is 268 g/mol. The van der Waals surface area contributed by atoms with Gasteiger partial charge in [0.25, 0.3) is 5.91 Å². The van der Waals surface area contributed by atoms with Crippen molar-refractivity contribution in [3.8, 4) is 11.8 Å². The Morgan fingerprint density at radius 3 is 2.90 bits per heavy atom. The van der Waals surface area contributed by atoms with Crippen molar-refractivity contribution in [2.24, 2.45) is 11.1 Å². The lowest BCUT2D eigenvalue weighted by atomic mass is 9.83. The van der Waals surface area contributed by atoms with Crippen molar-refractivity contribution in [2.45, 2.75) is 39.0 Å². The molecule has 1 aliphatic rings. The number of carbonyl (C=O) groups is 1. The highest BCUT2D eigenvalue weighted by Gasteiger charge is 2.32. The number of thiophene rings is 1. The largest absolute Gasteiger partial charge is 0.351 e. The monoisotopic (exact) mass is 290 g/mol. The predicted molar refractivity (Wildman–Crippen MR) is 83.8 cm³/mol. The average Bonchev–Trinajstić information content (AvgIpc) is 3.12. The lowest BCUT2D eigenvalue weighted by Gasteiger charge is -2.27. The van der Waals surface area contributed by atoms with Crippen LogP contribution in [0.25, 0.3) is 0 Å². The second-order valence-corrected chi connectivity index (χ2v) is 6.33. The molecule has 108 valence electrons. The molecule has 0 atom stereocenters. The molecule has 4 heteroatoms. The molecular formula is C16H22N2OS. The van der Waals surface area contributed by atoms with E-state index < -0.39 is 0 Å². The van der Waals surface area contributed by atoms with Gasteiger partial charge in [0, 0.05) is 12.1 Å². The van der Waals surface area contributed by atoms with Gasteiger partial charge in [-0.1, -0.05) is 31.6 Å². The van der Waals surface area contributed by atoms with Crippen LogP contribution in [-0.4, -0.2) is 19.0 Å². The maximum absolute atomic E-state index is 12.3. The number of amides is 1. The first-order valence-electron chi connectivity index (χ1n) is 7.25. The van der Waals surface area contributed by atoms with E-state index in [4.69, 9.17) is 5.73 Å². The molecule has 2 rings (SSSR count). The van der Waals surface area contributed by atoms with Gasteiger partial charge in [0.2, 0.25) is 0 Å². The molecule has 1 saturated carbocycles. The molecule has 1 fully saturated rings. The molecule has 0 spiro atoms. The quantitative estimate of drug-likeness (QED) is 0.838. The zero-order valence-electron chi connectivity index (χ0n) is 12.0. The van der Waals surface area contributed by atoms with E-state index in [1.807, 2.05) is 11.4 Å². The molecule has 20 heavy (non-hydrogen) atoms. The van der Waals surface area contributed by atoms with Gasteiger partial charge in [-0.05, 0) is 36.1 Å². The summed E-state index contributed by atoms with van der Waals surface area (Å²) < 4.78 is 0. The van der Waals surface area contributed by atoms with Crippen molar-refractivity contribution in [3.63, 3.8) is 0 Å². The SMILES string of the molecule is CCC1(CNC(=O)c2sccc2C#CCN)CCCC1. The van der Waals surface area contributed by atoms with E-state index in [-0.39, 0.29) is 5.91 Å². The third kappa shape index (κ3) is 3.41. The van der Waals surface area contributed by atoms with Gasteiger partial charge in [0.1, 0.15) is 4.88 Å². The van der Waals surface area contributed by atoms with Crippen molar-refractivity contribution in [3.05, 3.63) is 21.9 Å². The van der Waals surface area contributed by atoms with Crippen LogP contribution in [0.3, 0.4) is 0 Å². The van der Waals surface area contributed by atoms with Crippen LogP contribution >= 0.6 is 11.3 Å². The summed E-state index contributed by atoms with van der Waals surface area (Å²) in [5.74, 6) is 5.77. The Morgan fingerprint density at radius 2 is 2.25 bits per heavy atom. The normalized spacial score (nSPS) is 16.5. The minimum absolute atomic E-state index is 0.000969. The standard InChI is InChI=1S/C16H22N2OS/c1-2-16(8-3-4-9-16)12-18-15(19)14-13(6-5-10-17)7-11-20-14/h7,11H,2-4,8-10,12,17H2,1H3,(H,18,19). The third-order valence-electron chi connectivity index (χ3n) is 4.23. The number of nitrogens with one attached hydrogen (secondary N) is 1. The smallest absolute Gasteiger partial charge is 0.262 e. The van der Waals surface area contributed by atoms with Gasteiger partial charge < -0.3 is 11.1 Å². The van der Waals surface area contributed by atoms with Gasteiger partial charge in [0.05, 0.1) is 6.54 Å². The summed E-state index contributed by atoms with van der Waals surface area (Å²) in [6, 6.07) is 1.88. The van der Waals surface area contributed by atoms with Gasteiger partial charge >= 0.3 is 0 Å². The van der Waals surface area contributed by atoms with Crippen LogP contribution in [-0.2, 0) is 0 Å². The number of nitrogens with two attached hydrogens (primary N) is 1. The van der Waals surface area contributed by atoms with Crippen LogP contribution in [0.1, 0.15) is 54.3 Å². The van der Waals surface area contributed by atoms with Crippen LogP contribution in [0.5, 0.6) is 0 Å². The highest BCUT2D eigenvalue weighted by molar-refractivity contribution is 7.12. The summed E-state index contributed by atoms with van der Waals surface area (Å²) in [5.41, 5.74) is 6.48. The van der Waals surface area contributed by atoms with Crippen LogP contribution in [0, 0.1) is 17.3 Å². The van der Waals surface area contributed by atoms with E-state index >= 15 is 0 Å². The minimum Gasteiger partial charge on any atom is -0.351 e. The van der Waals surface area contributed by atoms with E-state index in [0.717, 1.165) is 18.5 Å². The number of hydrogen-bond donors (Lipinski definition) is 2. The van der Waals surface area contributed by atoms with Crippen molar-refractivity contribution < 1.29 is 4.79 Å². The van der Waals surface area contributed by atoms with Crippen molar-refractivity contribution in [1.29, 1.82) is 0 Å². The fourth-order valence-electron chi connectivity index (χ4n) is 2.86. The fraction of sp³-hybridized carbons (Fsp3) is 0.562. The molecule has 1 amide bonds.